The van der Waals surface area contributed by atoms with Crippen molar-refractivity contribution < 1.29 is 9.18 Å². The molecular weight excluding hydrogens is 245 g/mol. The molecule has 102 valence electrons. The molecule has 0 aliphatic carbocycles. The van der Waals surface area contributed by atoms with Gasteiger partial charge in [-0.1, -0.05) is 6.92 Å². The molecule has 1 aliphatic rings. The molecule has 4 nitrogen and oxygen atoms in total. The lowest BCUT2D eigenvalue weighted by atomic mass is 9.96. The average molecular weight is 263 g/mol. The number of nitrogens with two attached hydrogens (primary N) is 1. The van der Waals surface area contributed by atoms with Gasteiger partial charge in [-0.05, 0) is 50.1 Å². The molecule has 0 bridgehead atoms. The Morgan fingerprint density at radius 2 is 2.05 bits per heavy atom. The number of benzene rings is 1. The van der Waals surface area contributed by atoms with Gasteiger partial charge >= 0.3 is 0 Å². The second-order valence-electron chi connectivity index (χ2n) is 4.55. The van der Waals surface area contributed by atoms with Gasteiger partial charge in [-0.3, -0.25) is 4.79 Å². The zero-order valence-electron chi connectivity index (χ0n) is 11.0. The highest BCUT2D eigenvalue weighted by Crippen LogP contribution is 2.27. The van der Waals surface area contributed by atoms with E-state index in [9.17, 15) is 9.18 Å². The number of anilines is 1. The van der Waals surface area contributed by atoms with Gasteiger partial charge in [0.2, 0.25) is 0 Å². The zero-order valence-corrected chi connectivity index (χ0v) is 11.0. The maximum Gasteiger partial charge on any atom is 0.256 e. The molecule has 19 heavy (non-hydrogen) atoms. The molecule has 1 amide bonds. The van der Waals surface area contributed by atoms with E-state index in [1.807, 2.05) is 6.92 Å². The van der Waals surface area contributed by atoms with Crippen LogP contribution in [-0.2, 0) is 4.79 Å². The van der Waals surface area contributed by atoms with E-state index in [0.29, 0.717) is 12.2 Å². The first-order chi connectivity index (χ1) is 9.17. The monoisotopic (exact) mass is 263 g/mol. The molecule has 1 aliphatic heterocycles. The van der Waals surface area contributed by atoms with Gasteiger partial charge in [0.1, 0.15) is 5.82 Å². The van der Waals surface area contributed by atoms with Crippen molar-refractivity contribution in [2.45, 2.75) is 26.2 Å². The molecule has 1 unspecified atom stereocenters. The van der Waals surface area contributed by atoms with Crippen molar-refractivity contribution in [2.75, 3.05) is 11.6 Å². The summed E-state index contributed by atoms with van der Waals surface area (Å²) >= 11 is 0. The molecule has 1 atom stereocenters. The zero-order chi connectivity index (χ0) is 13.8. The predicted octanol–water partition coefficient (Wildman–Crippen LogP) is 2.29. The van der Waals surface area contributed by atoms with Crippen LogP contribution in [0.1, 0.15) is 26.2 Å². The molecular formula is C14H18FN3O. The molecule has 0 saturated carbocycles. The molecule has 1 aromatic rings. The Hall–Kier alpha value is -1.75. The van der Waals surface area contributed by atoms with Gasteiger partial charge in [-0.25, -0.2) is 9.40 Å². The number of hydrogen-bond donors (Lipinski definition) is 1. The topological polar surface area (TPSA) is 58.7 Å². The Morgan fingerprint density at radius 1 is 1.37 bits per heavy atom. The molecule has 2 N–H and O–H groups in total. The van der Waals surface area contributed by atoms with Gasteiger partial charge in [-0.15, -0.1) is 0 Å². The van der Waals surface area contributed by atoms with E-state index < -0.39 is 0 Å². The summed E-state index contributed by atoms with van der Waals surface area (Å²) in [4.78, 5) is 12.3. The van der Waals surface area contributed by atoms with Crippen molar-refractivity contribution in [3.63, 3.8) is 0 Å². The third-order valence-corrected chi connectivity index (χ3v) is 3.27. The van der Waals surface area contributed by atoms with Crippen LogP contribution in [0.3, 0.4) is 0 Å². The summed E-state index contributed by atoms with van der Waals surface area (Å²) in [6, 6.07) is 5.79. The maximum atomic E-state index is 12.9. The third-order valence-electron chi connectivity index (χ3n) is 3.27. The van der Waals surface area contributed by atoms with Crippen LogP contribution < -0.4 is 10.7 Å². The van der Waals surface area contributed by atoms with Crippen LogP contribution in [-0.4, -0.2) is 18.2 Å². The fourth-order valence-corrected chi connectivity index (χ4v) is 2.23. The number of nitrogens with zero attached hydrogens (tertiary/aromatic N) is 2. The van der Waals surface area contributed by atoms with Crippen LogP contribution in [0.25, 0.3) is 0 Å². The summed E-state index contributed by atoms with van der Waals surface area (Å²) in [5.74, 6) is -0.551. The number of hydrazone groups is 1. The van der Waals surface area contributed by atoms with Gasteiger partial charge in [-0.2, -0.15) is 5.10 Å². The Bertz CT molecular complexity index is 484. The standard InChI is InChI=1S/C14H18FN3O/c1-2-13-12(4-3-9-16)14(19)18(17-13)11-7-5-10(15)6-8-11/h5-8,12H,2-4,9,16H2,1H3. The lowest BCUT2D eigenvalue weighted by molar-refractivity contribution is -0.119. The molecule has 2 rings (SSSR count). The Labute approximate surface area is 112 Å². The molecule has 0 fully saturated rings. The van der Waals surface area contributed by atoms with Crippen molar-refractivity contribution in [1.82, 2.24) is 0 Å². The summed E-state index contributed by atoms with van der Waals surface area (Å²) in [6.45, 7) is 2.55. The molecule has 0 aromatic heterocycles. The van der Waals surface area contributed by atoms with Crippen molar-refractivity contribution in [3.05, 3.63) is 30.1 Å². The minimum Gasteiger partial charge on any atom is -0.330 e. The van der Waals surface area contributed by atoms with Crippen LogP contribution in [0.5, 0.6) is 0 Å². The Balaban J connectivity index is 2.21. The highest BCUT2D eigenvalue weighted by atomic mass is 19.1. The number of amides is 1. The van der Waals surface area contributed by atoms with E-state index in [4.69, 9.17) is 5.73 Å². The van der Waals surface area contributed by atoms with Gasteiger partial charge < -0.3 is 5.73 Å². The van der Waals surface area contributed by atoms with Gasteiger partial charge in [0.15, 0.2) is 0 Å². The fraction of sp³-hybridized carbons (Fsp3) is 0.429. The van der Waals surface area contributed by atoms with Crippen LogP contribution in [0, 0.1) is 11.7 Å². The Morgan fingerprint density at radius 3 is 2.63 bits per heavy atom. The van der Waals surface area contributed by atoms with Crippen molar-refractivity contribution in [1.29, 1.82) is 0 Å². The largest absolute Gasteiger partial charge is 0.330 e. The molecule has 5 heteroatoms. The SMILES string of the molecule is CCC1=NN(c2ccc(F)cc2)C(=O)C1CCCN. The molecule has 0 spiro atoms. The van der Waals surface area contributed by atoms with Crippen LogP contribution >= 0.6 is 0 Å². The number of carbonyl (C=O) groups excluding carboxylic acids is 1. The highest BCUT2D eigenvalue weighted by molar-refractivity contribution is 6.15. The third kappa shape index (κ3) is 2.81. The van der Waals surface area contributed by atoms with Crippen LogP contribution in [0.15, 0.2) is 29.4 Å². The van der Waals surface area contributed by atoms with Crippen LogP contribution in [0.2, 0.25) is 0 Å². The van der Waals surface area contributed by atoms with Crippen molar-refractivity contribution in [3.8, 4) is 0 Å². The van der Waals surface area contributed by atoms with Crippen molar-refractivity contribution in [2.24, 2.45) is 16.8 Å². The van der Waals surface area contributed by atoms with Gasteiger partial charge in [0, 0.05) is 0 Å². The minimum atomic E-state index is -0.324. The first kappa shape index (κ1) is 13.7. The van der Waals surface area contributed by atoms with Gasteiger partial charge in [0.25, 0.3) is 5.91 Å². The predicted molar refractivity (Wildman–Crippen MR) is 73.4 cm³/mol. The second kappa shape index (κ2) is 5.93. The summed E-state index contributed by atoms with van der Waals surface area (Å²) in [5, 5.41) is 5.73. The molecule has 1 aromatic carbocycles. The normalized spacial score (nSPS) is 18.9. The summed E-state index contributed by atoms with van der Waals surface area (Å²) in [7, 11) is 0. The summed E-state index contributed by atoms with van der Waals surface area (Å²) in [6.07, 6.45) is 2.26. The lowest BCUT2D eigenvalue weighted by Gasteiger charge is -2.14. The summed E-state index contributed by atoms with van der Waals surface area (Å²) in [5.41, 5.74) is 6.98. The first-order valence-electron chi connectivity index (χ1n) is 6.54. The van der Waals surface area contributed by atoms with E-state index in [1.54, 1.807) is 12.1 Å². The molecule has 0 saturated heterocycles. The minimum absolute atomic E-state index is 0.0445. The van der Waals surface area contributed by atoms with E-state index in [-0.39, 0.29) is 17.6 Å². The lowest BCUT2D eigenvalue weighted by Crippen LogP contribution is -2.27. The fourth-order valence-electron chi connectivity index (χ4n) is 2.23. The number of rotatable bonds is 5. The second-order valence-corrected chi connectivity index (χ2v) is 4.55. The summed E-state index contributed by atoms with van der Waals surface area (Å²) < 4.78 is 12.9. The number of hydrogen-bond acceptors (Lipinski definition) is 3. The van der Waals surface area contributed by atoms with E-state index in [2.05, 4.69) is 5.10 Å². The molecule has 0 radical (unpaired) electrons. The number of halogens is 1. The van der Waals surface area contributed by atoms with E-state index in [0.717, 1.165) is 25.0 Å². The van der Waals surface area contributed by atoms with E-state index >= 15 is 0 Å². The Kier molecular flexibility index (Phi) is 4.27. The van der Waals surface area contributed by atoms with E-state index in [1.165, 1.54) is 17.1 Å². The first-order valence-corrected chi connectivity index (χ1v) is 6.54. The smallest absolute Gasteiger partial charge is 0.256 e. The van der Waals surface area contributed by atoms with Crippen molar-refractivity contribution >= 4 is 17.3 Å². The maximum absolute atomic E-state index is 12.9. The number of carbonyl (C=O) groups is 1. The van der Waals surface area contributed by atoms with Gasteiger partial charge in [0.05, 0.1) is 17.3 Å². The average Bonchev–Trinajstić information content (AvgIpc) is 2.74. The highest BCUT2D eigenvalue weighted by Gasteiger charge is 2.34. The quantitative estimate of drug-likeness (QED) is 0.886. The molecule has 1 heterocycles. The van der Waals surface area contributed by atoms with Crippen LogP contribution in [0.4, 0.5) is 10.1 Å².